The highest BCUT2D eigenvalue weighted by Crippen LogP contribution is 2.27. The molecule has 10 heteroatoms. The Hall–Kier alpha value is -2.10. The van der Waals surface area contributed by atoms with Crippen molar-refractivity contribution >= 4 is 62.3 Å². The van der Waals surface area contributed by atoms with Crippen LogP contribution in [-0.4, -0.2) is 61.8 Å². The van der Waals surface area contributed by atoms with Gasteiger partial charge >= 0.3 is 0 Å². The summed E-state index contributed by atoms with van der Waals surface area (Å²) in [5.41, 5.74) is 0.413. The lowest BCUT2D eigenvalue weighted by Gasteiger charge is -2.21. The number of methoxy groups -OCH3 is 1. The zero-order valence-electron chi connectivity index (χ0n) is 15.5. The van der Waals surface area contributed by atoms with Crippen LogP contribution in [0.15, 0.2) is 34.1 Å². The third-order valence-electron chi connectivity index (χ3n) is 3.75. The normalized spacial score (nSPS) is 10.3. The number of halogens is 2. The summed E-state index contributed by atoms with van der Waals surface area (Å²) in [6.45, 7) is -0.320. The van der Waals surface area contributed by atoms with Crippen molar-refractivity contribution in [3.8, 4) is 5.75 Å². The second-order valence-corrected chi connectivity index (χ2v) is 8.81. The van der Waals surface area contributed by atoms with Gasteiger partial charge in [-0.15, -0.1) is 11.3 Å². The number of benzene rings is 1. The molecular formula is C18H19BrClN3O4S. The molecule has 0 bridgehead atoms. The molecule has 1 aromatic carbocycles. The number of anilines is 1. The molecule has 150 valence electrons. The maximum atomic E-state index is 12.4. The fourth-order valence-electron chi connectivity index (χ4n) is 2.28. The van der Waals surface area contributed by atoms with Crippen LogP contribution >= 0.6 is 38.9 Å². The maximum absolute atomic E-state index is 12.4. The predicted octanol–water partition coefficient (Wildman–Crippen LogP) is 3.34. The third-order valence-corrected chi connectivity index (χ3v) is 5.59. The van der Waals surface area contributed by atoms with E-state index in [2.05, 4.69) is 21.2 Å². The van der Waals surface area contributed by atoms with Crippen LogP contribution in [0.1, 0.15) is 9.67 Å². The van der Waals surface area contributed by atoms with E-state index in [9.17, 15) is 14.4 Å². The lowest BCUT2D eigenvalue weighted by atomic mass is 10.3. The lowest BCUT2D eigenvalue weighted by Crippen LogP contribution is -2.42. The highest BCUT2D eigenvalue weighted by molar-refractivity contribution is 9.11. The van der Waals surface area contributed by atoms with Gasteiger partial charge in [0.15, 0.2) is 0 Å². The minimum absolute atomic E-state index is 0.140. The number of rotatable bonds is 7. The first-order chi connectivity index (χ1) is 13.2. The molecule has 0 unspecified atom stereocenters. The number of amides is 3. The van der Waals surface area contributed by atoms with Crippen LogP contribution in [0.5, 0.6) is 5.75 Å². The summed E-state index contributed by atoms with van der Waals surface area (Å²) in [6, 6.07) is 8.30. The molecule has 0 atom stereocenters. The number of hydrogen-bond acceptors (Lipinski definition) is 5. The summed E-state index contributed by atoms with van der Waals surface area (Å²) in [5.74, 6) is -0.572. The van der Waals surface area contributed by atoms with E-state index in [-0.39, 0.29) is 24.9 Å². The van der Waals surface area contributed by atoms with E-state index in [1.165, 1.54) is 35.3 Å². The summed E-state index contributed by atoms with van der Waals surface area (Å²) < 4.78 is 6.01. The zero-order chi connectivity index (χ0) is 20.8. The van der Waals surface area contributed by atoms with Gasteiger partial charge in [-0.3, -0.25) is 14.4 Å². The molecular weight excluding hydrogens is 470 g/mol. The van der Waals surface area contributed by atoms with E-state index >= 15 is 0 Å². The monoisotopic (exact) mass is 487 g/mol. The molecule has 3 amide bonds. The Morgan fingerprint density at radius 2 is 1.86 bits per heavy atom. The van der Waals surface area contributed by atoms with Crippen LogP contribution in [0, 0.1) is 0 Å². The minimum Gasteiger partial charge on any atom is -0.495 e. The van der Waals surface area contributed by atoms with E-state index < -0.39 is 5.91 Å². The van der Waals surface area contributed by atoms with Gasteiger partial charge in [0.2, 0.25) is 11.8 Å². The zero-order valence-corrected chi connectivity index (χ0v) is 18.7. The first kappa shape index (κ1) is 22.2. The highest BCUT2D eigenvalue weighted by Gasteiger charge is 2.20. The molecule has 1 aromatic heterocycles. The van der Waals surface area contributed by atoms with Gasteiger partial charge in [-0.1, -0.05) is 11.6 Å². The summed E-state index contributed by atoms with van der Waals surface area (Å²) in [5, 5.41) is 3.11. The van der Waals surface area contributed by atoms with E-state index in [4.69, 9.17) is 16.3 Å². The number of ether oxygens (including phenoxy) is 1. The molecule has 0 aliphatic heterocycles. The van der Waals surface area contributed by atoms with Gasteiger partial charge in [0.25, 0.3) is 5.91 Å². The number of likely N-dealkylation sites (N-methyl/N-ethyl adjacent to an activating group) is 2. The molecule has 7 nitrogen and oxygen atoms in total. The Bertz CT molecular complexity index is 889. The molecule has 1 heterocycles. The van der Waals surface area contributed by atoms with Crippen LogP contribution in [0.3, 0.4) is 0 Å². The number of nitrogens with one attached hydrogen (secondary N) is 1. The van der Waals surface area contributed by atoms with Gasteiger partial charge in [0, 0.05) is 19.1 Å². The van der Waals surface area contributed by atoms with Crippen molar-refractivity contribution in [1.29, 1.82) is 0 Å². The molecule has 0 radical (unpaired) electrons. The molecule has 0 spiro atoms. The molecule has 2 rings (SSSR count). The first-order valence-electron chi connectivity index (χ1n) is 8.09. The second kappa shape index (κ2) is 9.90. The highest BCUT2D eigenvalue weighted by atomic mass is 79.9. The standard InChI is InChI=1S/C18H19BrClN3O4S/c1-22(9-16(24)21-12-8-11(20)4-5-13(12)27-3)17(25)10-23(2)18(26)14-6-7-15(19)28-14/h4-8H,9-10H2,1-3H3,(H,21,24). The molecule has 2 aromatic rings. The van der Waals surface area contributed by atoms with Crippen LogP contribution in [-0.2, 0) is 9.59 Å². The molecule has 1 N–H and O–H groups in total. The molecule has 0 saturated heterocycles. The Labute approximate surface area is 180 Å². The largest absolute Gasteiger partial charge is 0.495 e. The van der Waals surface area contributed by atoms with Crippen LogP contribution < -0.4 is 10.1 Å². The molecule has 0 aliphatic rings. The number of nitrogens with zero attached hydrogens (tertiary/aromatic N) is 2. The van der Waals surface area contributed by atoms with Crippen molar-refractivity contribution in [3.05, 3.63) is 44.0 Å². The van der Waals surface area contributed by atoms with E-state index in [0.717, 1.165) is 3.79 Å². The maximum Gasteiger partial charge on any atom is 0.264 e. The van der Waals surface area contributed by atoms with Crippen molar-refractivity contribution in [3.63, 3.8) is 0 Å². The number of carbonyl (C=O) groups excluding carboxylic acids is 3. The fourth-order valence-corrected chi connectivity index (χ4v) is 3.84. The van der Waals surface area contributed by atoms with Gasteiger partial charge in [-0.25, -0.2) is 0 Å². The van der Waals surface area contributed by atoms with Crippen LogP contribution in [0.4, 0.5) is 5.69 Å². The Kier molecular flexibility index (Phi) is 7.85. The van der Waals surface area contributed by atoms with Crippen molar-refractivity contribution in [2.75, 3.05) is 39.6 Å². The molecule has 0 fully saturated rings. The summed E-state index contributed by atoms with van der Waals surface area (Å²) in [7, 11) is 4.52. The predicted molar refractivity (Wildman–Crippen MR) is 113 cm³/mol. The summed E-state index contributed by atoms with van der Waals surface area (Å²) in [4.78, 5) is 40.0. The van der Waals surface area contributed by atoms with E-state index in [0.29, 0.717) is 21.3 Å². The fraction of sp³-hybridized carbons (Fsp3) is 0.278. The molecule has 28 heavy (non-hydrogen) atoms. The van der Waals surface area contributed by atoms with Gasteiger partial charge in [0.05, 0.1) is 34.6 Å². The Morgan fingerprint density at radius 1 is 1.14 bits per heavy atom. The minimum atomic E-state index is -0.410. The molecule has 0 aliphatic carbocycles. The topological polar surface area (TPSA) is 79.0 Å². The van der Waals surface area contributed by atoms with E-state index in [1.54, 1.807) is 37.4 Å². The van der Waals surface area contributed by atoms with Crippen molar-refractivity contribution < 1.29 is 19.1 Å². The van der Waals surface area contributed by atoms with Crippen molar-refractivity contribution in [2.24, 2.45) is 0 Å². The quantitative estimate of drug-likeness (QED) is 0.648. The van der Waals surface area contributed by atoms with Gasteiger partial charge in [-0.2, -0.15) is 0 Å². The average molecular weight is 489 g/mol. The van der Waals surface area contributed by atoms with Gasteiger partial charge in [-0.05, 0) is 46.3 Å². The number of hydrogen-bond donors (Lipinski definition) is 1. The number of thiophene rings is 1. The van der Waals surface area contributed by atoms with Crippen molar-refractivity contribution in [1.82, 2.24) is 9.80 Å². The SMILES string of the molecule is COc1ccc(Cl)cc1NC(=O)CN(C)C(=O)CN(C)C(=O)c1ccc(Br)s1. The Balaban J connectivity index is 1.92. The average Bonchev–Trinajstić information content (AvgIpc) is 3.07. The van der Waals surface area contributed by atoms with Crippen LogP contribution in [0.2, 0.25) is 5.02 Å². The Morgan fingerprint density at radius 3 is 2.46 bits per heavy atom. The lowest BCUT2D eigenvalue weighted by molar-refractivity contribution is -0.133. The summed E-state index contributed by atoms with van der Waals surface area (Å²) >= 11 is 10.5. The van der Waals surface area contributed by atoms with Crippen LogP contribution in [0.25, 0.3) is 0 Å². The van der Waals surface area contributed by atoms with Gasteiger partial charge in [0.1, 0.15) is 5.75 Å². The van der Waals surface area contributed by atoms with Crippen molar-refractivity contribution in [2.45, 2.75) is 0 Å². The first-order valence-corrected chi connectivity index (χ1v) is 10.1. The van der Waals surface area contributed by atoms with E-state index in [1.807, 2.05) is 0 Å². The smallest absolute Gasteiger partial charge is 0.264 e. The summed E-state index contributed by atoms with van der Waals surface area (Å²) in [6.07, 6.45) is 0. The third kappa shape index (κ3) is 5.95. The second-order valence-electron chi connectivity index (χ2n) is 5.91. The number of carbonyl (C=O) groups is 3. The molecule has 0 saturated carbocycles. The van der Waals surface area contributed by atoms with Gasteiger partial charge < -0.3 is 19.9 Å².